The van der Waals surface area contributed by atoms with E-state index in [1.807, 2.05) is 72.6 Å². The van der Waals surface area contributed by atoms with Gasteiger partial charge in [-0.3, -0.25) is 0 Å². The molecule has 0 radical (unpaired) electrons. The molecular formula is C35H38N4O6S2. The van der Waals surface area contributed by atoms with Crippen molar-refractivity contribution in [3.63, 3.8) is 0 Å². The quantitative estimate of drug-likeness (QED) is 0.204. The topological polar surface area (TPSA) is 150 Å². The monoisotopic (exact) mass is 674 g/mol. The SMILES string of the molecule is Cc1ccc(S(=O)(=O)NC(=O)OCCc2ccc(-n3nc(C)c(Cc4ccccc4)c3C)cc2)cc1.Cc1ccc(S(N)(=O)=O)cc1. The lowest BCUT2D eigenvalue weighted by Gasteiger charge is -2.09. The van der Waals surface area contributed by atoms with Gasteiger partial charge >= 0.3 is 6.09 Å². The summed E-state index contributed by atoms with van der Waals surface area (Å²) in [5, 5.41) is 9.62. The fourth-order valence-electron chi connectivity index (χ4n) is 4.69. The van der Waals surface area contributed by atoms with Crippen molar-refractivity contribution >= 4 is 26.1 Å². The predicted octanol–water partition coefficient (Wildman–Crippen LogP) is 5.69. The minimum absolute atomic E-state index is 0.0108. The lowest BCUT2D eigenvalue weighted by molar-refractivity contribution is 0.154. The zero-order chi connectivity index (χ0) is 34.2. The second-order valence-corrected chi connectivity index (χ2v) is 14.3. The number of aromatic nitrogens is 2. The number of aryl methyl sites for hydroxylation is 3. The number of primary sulfonamides is 1. The highest BCUT2D eigenvalue weighted by Gasteiger charge is 2.18. The maximum Gasteiger partial charge on any atom is 0.421 e. The van der Waals surface area contributed by atoms with E-state index in [9.17, 15) is 21.6 Å². The minimum Gasteiger partial charge on any atom is -0.448 e. The van der Waals surface area contributed by atoms with Crippen molar-refractivity contribution in [2.45, 2.75) is 50.3 Å². The molecule has 0 saturated carbocycles. The van der Waals surface area contributed by atoms with Crippen LogP contribution in [0.25, 0.3) is 5.69 Å². The molecule has 4 aromatic carbocycles. The van der Waals surface area contributed by atoms with E-state index in [2.05, 4.69) is 19.1 Å². The van der Waals surface area contributed by atoms with Crippen LogP contribution in [0.4, 0.5) is 4.79 Å². The first-order valence-corrected chi connectivity index (χ1v) is 17.8. The molecule has 0 aliphatic rings. The number of nitrogens with one attached hydrogen (secondary N) is 1. The van der Waals surface area contributed by atoms with Crippen LogP contribution in [-0.4, -0.2) is 39.3 Å². The first kappa shape index (κ1) is 35.1. The molecule has 0 atom stereocenters. The van der Waals surface area contributed by atoms with Crippen LogP contribution in [0.2, 0.25) is 0 Å². The van der Waals surface area contributed by atoms with Gasteiger partial charge in [0.05, 0.1) is 27.8 Å². The minimum atomic E-state index is -3.97. The summed E-state index contributed by atoms with van der Waals surface area (Å²) in [6, 6.07) is 30.8. The Balaban J connectivity index is 0.000000385. The molecule has 5 rings (SSSR count). The van der Waals surface area contributed by atoms with Gasteiger partial charge < -0.3 is 4.74 Å². The molecule has 1 aromatic heterocycles. The van der Waals surface area contributed by atoms with Gasteiger partial charge in [-0.1, -0.05) is 77.9 Å². The van der Waals surface area contributed by atoms with Crippen molar-refractivity contribution < 1.29 is 26.4 Å². The number of benzene rings is 4. The lowest BCUT2D eigenvalue weighted by Crippen LogP contribution is -2.31. The van der Waals surface area contributed by atoms with Gasteiger partial charge in [0.1, 0.15) is 0 Å². The molecule has 3 N–H and O–H groups in total. The summed E-state index contributed by atoms with van der Waals surface area (Å²) in [5.74, 6) is 0. The molecule has 5 aromatic rings. The van der Waals surface area contributed by atoms with Crippen LogP contribution in [0.1, 0.15) is 39.2 Å². The third-order valence-electron chi connectivity index (χ3n) is 7.37. The molecule has 0 aliphatic carbocycles. The standard InChI is InChI=1S/C28H29N3O4S.C7H9NO2S/c1-20-9-15-26(16-10-20)36(33,34)30-28(32)35-18-17-23-11-13-25(14-12-23)31-22(3)27(21(2)29-31)19-24-7-5-4-6-8-24;1-6-2-4-7(5-3-6)11(8,9)10/h4-16H,17-19H2,1-3H3,(H,30,32);2-5H,1H3,(H2,8,9,10). The highest BCUT2D eigenvalue weighted by Crippen LogP contribution is 2.21. The van der Waals surface area contributed by atoms with E-state index in [0.29, 0.717) is 6.42 Å². The predicted molar refractivity (Wildman–Crippen MR) is 181 cm³/mol. The number of hydrogen-bond donors (Lipinski definition) is 2. The van der Waals surface area contributed by atoms with E-state index in [0.717, 1.165) is 40.2 Å². The van der Waals surface area contributed by atoms with Crippen molar-refractivity contribution in [3.05, 3.63) is 142 Å². The van der Waals surface area contributed by atoms with Crippen LogP contribution in [0, 0.1) is 27.7 Å². The van der Waals surface area contributed by atoms with E-state index in [-0.39, 0.29) is 16.4 Å². The summed E-state index contributed by atoms with van der Waals surface area (Å²) >= 11 is 0. The lowest BCUT2D eigenvalue weighted by atomic mass is 10.0. The van der Waals surface area contributed by atoms with E-state index in [1.54, 1.807) is 24.3 Å². The highest BCUT2D eigenvalue weighted by atomic mass is 32.2. The van der Waals surface area contributed by atoms with E-state index < -0.39 is 26.1 Å². The number of carbonyl (C=O) groups is 1. The summed E-state index contributed by atoms with van der Waals surface area (Å²) in [7, 11) is -7.49. The Kier molecular flexibility index (Phi) is 11.3. The fourth-order valence-corrected chi connectivity index (χ4v) is 6.10. The van der Waals surface area contributed by atoms with Crippen LogP contribution in [0.5, 0.6) is 0 Å². The number of amides is 1. The number of rotatable bonds is 9. The Morgan fingerprint density at radius 1 is 0.745 bits per heavy atom. The molecule has 0 aliphatic heterocycles. The van der Waals surface area contributed by atoms with Crippen LogP contribution >= 0.6 is 0 Å². The van der Waals surface area contributed by atoms with Gasteiger partial charge in [0, 0.05) is 24.1 Å². The van der Waals surface area contributed by atoms with Gasteiger partial charge in [-0.2, -0.15) is 5.10 Å². The number of hydrogen-bond acceptors (Lipinski definition) is 7. The van der Waals surface area contributed by atoms with Gasteiger partial charge in [0.2, 0.25) is 10.0 Å². The van der Waals surface area contributed by atoms with Gasteiger partial charge in [-0.25, -0.2) is 36.2 Å². The molecule has 1 amide bonds. The number of ether oxygens (including phenoxy) is 1. The first-order chi connectivity index (χ1) is 22.2. The number of nitrogens with two attached hydrogens (primary N) is 1. The van der Waals surface area contributed by atoms with Crippen molar-refractivity contribution in [1.29, 1.82) is 0 Å². The smallest absolute Gasteiger partial charge is 0.421 e. The summed E-state index contributed by atoms with van der Waals surface area (Å²) in [6.45, 7) is 7.88. The molecule has 0 bridgehead atoms. The van der Waals surface area contributed by atoms with Gasteiger partial charge in [-0.05, 0) is 75.2 Å². The van der Waals surface area contributed by atoms with Crippen molar-refractivity contribution in [3.8, 4) is 5.69 Å². The molecule has 0 unspecified atom stereocenters. The summed E-state index contributed by atoms with van der Waals surface area (Å²) < 4.78 is 55.0. The number of carbonyl (C=O) groups excluding carboxylic acids is 1. The summed E-state index contributed by atoms with van der Waals surface area (Å²) in [6.07, 6.45) is 0.283. The van der Waals surface area contributed by atoms with E-state index in [1.165, 1.54) is 35.4 Å². The van der Waals surface area contributed by atoms with Gasteiger partial charge in [0.25, 0.3) is 10.0 Å². The van der Waals surface area contributed by atoms with Gasteiger partial charge in [-0.15, -0.1) is 0 Å². The third-order valence-corrected chi connectivity index (χ3v) is 9.63. The number of nitrogens with zero attached hydrogens (tertiary/aromatic N) is 2. The van der Waals surface area contributed by atoms with E-state index in [4.69, 9.17) is 15.0 Å². The molecule has 12 heteroatoms. The third kappa shape index (κ3) is 9.85. The Morgan fingerprint density at radius 2 is 1.30 bits per heavy atom. The maximum absolute atomic E-state index is 12.3. The van der Waals surface area contributed by atoms with Crippen LogP contribution in [0.3, 0.4) is 0 Å². The molecule has 1 heterocycles. The van der Waals surface area contributed by atoms with Crippen molar-refractivity contribution in [1.82, 2.24) is 14.5 Å². The Morgan fingerprint density at radius 3 is 1.85 bits per heavy atom. The van der Waals surface area contributed by atoms with Crippen LogP contribution in [0.15, 0.2) is 113 Å². The maximum atomic E-state index is 12.3. The van der Waals surface area contributed by atoms with Crippen LogP contribution in [-0.2, 0) is 37.6 Å². The van der Waals surface area contributed by atoms with Crippen molar-refractivity contribution in [2.75, 3.05) is 6.61 Å². The Labute approximate surface area is 276 Å². The normalized spacial score (nSPS) is 11.3. The van der Waals surface area contributed by atoms with Gasteiger partial charge in [0.15, 0.2) is 0 Å². The Hall–Kier alpha value is -4.78. The zero-order valence-corrected chi connectivity index (χ0v) is 28.3. The number of sulfonamides is 2. The zero-order valence-electron chi connectivity index (χ0n) is 26.7. The van der Waals surface area contributed by atoms with E-state index >= 15 is 0 Å². The molecule has 10 nitrogen and oxygen atoms in total. The summed E-state index contributed by atoms with van der Waals surface area (Å²) in [5.41, 5.74) is 8.39. The molecule has 0 spiro atoms. The highest BCUT2D eigenvalue weighted by molar-refractivity contribution is 7.90. The molecule has 246 valence electrons. The Bertz CT molecular complexity index is 2020. The van der Waals surface area contributed by atoms with Crippen LogP contribution < -0.4 is 9.86 Å². The molecule has 47 heavy (non-hydrogen) atoms. The molecule has 0 saturated heterocycles. The fraction of sp³-hybridized carbons (Fsp3) is 0.200. The molecule has 0 fully saturated rings. The second kappa shape index (κ2) is 15.2. The average molecular weight is 675 g/mol. The first-order valence-electron chi connectivity index (χ1n) is 14.8. The largest absolute Gasteiger partial charge is 0.448 e. The molecular weight excluding hydrogens is 637 g/mol. The second-order valence-electron chi connectivity index (χ2n) is 11.1. The van der Waals surface area contributed by atoms with Crippen molar-refractivity contribution in [2.24, 2.45) is 5.14 Å². The summed E-state index contributed by atoms with van der Waals surface area (Å²) in [4.78, 5) is 12.2. The average Bonchev–Trinajstić information content (AvgIpc) is 3.30.